The van der Waals surface area contributed by atoms with Gasteiger partial charge in [0.1, 0.15) is 11.5 Å². The minimum atomic E-state index is -0.659. The number of nitrogens with two attached hydrogens (primary N) is 3. The van der Waals surface area contributed by atoms with Crippen molar-refractivity contribution in [3.63, 3.8) is 0 Å². The quantitative estimate of drug-likeness (QED) is 0.173. The summed E-state index contributed by atoms with van der Waals surface area (Å²) in [4.78, 5) is 26.7. The molecular formula is C29H55N5O4. The highest BCUT2D eigenvalue weighted by Gasteiger charge is 2.20. The third-order valence-corrected chi connectivity index (χ3v) is 5.86. The normalized spacial score (nSPS) is 10.6. The molecule has 0 saturated heterocycles. The number of nitrogens with one attached hydrogen (secondary N) is 1. The summed E-state index contributed by atoms with van der Waals surface area (Å²) in [6, 6.07) is 3.05. The zero-order valence-corrected chi connectivity index (χ0v) is 24.5. The van der Waals surface area contributed by atoms with Crippen LogP contribution in [0.5, 0.6) is 11.5 Å². The van der Waals surface area contributed by atoms with Gasteiger partial charge >= 0.3 is 0 Å². The van der Waals surface area contributed by atoms with Gasteiger partial charge in [-0.2, -0.15) is 0 Å². The summed E-state index contributed by atoms with van der Waals surface area (Å²) in [5.41, 5.74) is 17.0. The van der Waals surface area contributed by atoms with Crippen LogP contribution >= 0.6 is 0 Å². The summed E-state index contributed by atoms with van der Waals surface area (Å²) in [7, 11) is 3.85. The van der Waals surface area contributed by atoms with E-state index in [2.05, 4.69) is 19.2 Å². The maximum Gasteiger partial charge on any atom is 0.255 e. The number of unbranched alkanes of at least 4 members (excludes halogenated alkanes) is 8. The maximum absolute atomic E-state index is 12.8. The number of likely N-dealkylation sites (N-methyl/N-ethyl adjacent to an activating group) is 1. The molecule has 0 spiro atoms. The first-order chi connectivity index (χ1) is 18.3. The number of primary amides is 1. The topological polar surface area (TPSA) is 146 Å². The van der Waals surface area contributed by atoms with E-state index in [1.807, 2.05) is 19.0 Å². The van der Waals surface area contributed by atoms with Crippen LogP contribution in [0.2, 0.25) is 0 Å². The molecule has 0 radical (unpaired) electrons. The third kappa shape index (κ3) is 17.2. The average Bonchev–Trinajstić information content (AvgIpc) is 2.88. The van der Waals surface area contributed by atoms with Crippen LogP contribution in [0, 0.1) is 0 Å². The number of rotatable bonds is 21. The fourth-order valence-corrected chi connectivity index (χ4v) is 3.55. The zero-order chi connectivity index (χ0) is 28.6. The predicted molar refractivity (Wildman–Crippen MR) is 157 cm³/mol. The smallest absolute Gasteiger partial charge is 0.255 e. The van der Waals surface area contributed by atoms with Crippen LogP contribution < -0.4 is 32.0 Å². The zero-order valence-electron chi connectivity index (χ0n) is 24.5. The summed E-state index contributed by atoms with van der Waals surface area (Å²) in [6.45, 7) is 7.77. The van der Waals surface area contributed by atoms with Crippen molar-refractivity contribution in [3.05, 3.63) is 23.3 Å². The van der Waals surface area contributed by atoms with Gasteiger partial charge in [-0.1, -0.05) is 46.0 Å². The molecule has 9 heteroatoms. The summed E-state index contributed by atoms with van der Waals surface area (Å²) in [6.07, 6.45) is 12.3. The van der Waals surface area contributed by atoms with Gasteiger partial charge in [-0.3, -0.25) is 9.59 Å². The molecule has 0 aliphatic rings. The van der Waals surface area contributed by atoms with Crippen molar-refractivity contribution in [2.24, 2.45) is 17.2 Å². The number of carbonyl (C=O) groups is 2. The molecule has 38 heavy (non-hydrogen) atoms. The van der Waals surface area contributed by atoms with E-state index in [9.17, 15) is 9.59 Å². The van der Waals surface area contributed by atoms with E-state index in [0.29, 0.717) is 50.9 Å². The summed E-state index contributed by atoms with van der Waals surface area (Å²) in [5, 5.41) is 2.85. The average molecular weight is 538 g/mol. The monoisotopic (exact) mass is 537 g/mol. The summed E-state index contributed by atoms with van der Waals surface area (Å²) in [5.74, 6) is -0.288. The Bertz CT molecular complexity index is 755. The van der Waals surface area contributed by atoms with Crippen LogP contribution in [0.1, 0.15) is 105 Å². The molecule has 0 aliphatic heterocycles. The Morgan fingerprint density at radius 1 is 0.763 bits per heavy atom. The SMILES string of the molecule is CCCCCCC.CN(C)CCNC(=O)c1cc(C(N)=O)c(OCCCCCN)cc1OCCCCCN. The molecule has 0 aliphatic carbocycles. The Kier molecular flexibility index (Phi) is 22.3. The molecule has 1 aromatic rings. The molecule has 0 atom stereocenters. The van der Waals surface area contributed by atoms with Crippen molar-refractivity contribution < 1.29 is 19.1 Å². The van der Waals surface area contributed by atoms with E-state index >= 15 is 0 Å². The minimum Gasteiger partial charge on any atom is -0.493 e. The van der Waals surface area contributed by atoms with Crippen molar-refractivity contribution in [1.82, 2.24) is 10.2 Å². The molecule has 0 fully saturated rings. The molecular weight excluding hydrogens is 482 g/mol. The van der Waals surface area contributed by atoms with Crippen LogP contribution in [0.25, 0.3) is 0 Å². The van der Waals surface area contributed by atoms with Crippen LogP contribution in [0.3, 0.4) is 0 Å². The van der Waals surface area contributed by atoms with Crippen molar-refractivity contribution in [2.75, 3.05) is 53.5 Å². The Balaban J connectivity index is 0.00000171. The fraction of sp³-hybridized carbons (Fsp3) is 0.724. The highest BCUT2D eigenvalue weighted by Crippen LogP contribution is 2.30. The second kappa shape index (κ2) is 23.7. The summed E-state index contributed by atoms with van der Waals surface area (Å²) < 4.78 is 11.7. The molecule has 2 amide bonds. The van der Waals surface area contributed by atoms with Gasteiger partial charge in [0.15, 0.2) is 0 Å². The van der Waals surface area contributed by atoms with Gasteiger partial charge < -0.3 is 36.9 Å². The molecule has 1 aromatic carbocycles. The Labute approximate surface area is 231 Å². The third-order valence-electron chi connectivity index (χ3n) is 5.86. The van der Waals surface area contributed by atoms with Gasteiger partial charge in [0.25, 0.3) is 11.8 Å². The van der Waals surface area contributed by atoms with Gasteiger partial charge in [0.2, 0.25) is 0 Å². The van der Waals surface area contributed by atoms with Crippen molar-refractivity contribution in [3.8, 4) is 11.5 Å². The first-order valence-electron chi connectivity index (χ1n) is 14.4. The second-order valence-corrected chi connectivity index (χ2v) is 9.72. The van der Waals surface area contributed by atoms with E-state index in [4.69, 9.17) is 26.7 Å². The molecule has 0 unspecified atom stereocenters. The van der Waals surface area contributed by atoms with Gasteiger partial charge in [0.05, 0.1) is 24.3 Å². The molecule has 9 nitrogen and oxygen atoms in total. The number of nitrogens with zero attached hydrogens (tertiary/aromatic N) is 1. The number of amides is 2. The van der Waals surface area contributed by atoms with Crippen LogP contribution in [-0.4, -0.2) is 70.2 Å². The van der Waals surface area contributed by atoms with E-state index in [1.165, 1.54) is 38.2 Å². The van der Waals surface area contributed by atoms with Crippen molar-refractivity contribution >= 4 is 11.8 Å². The van der Waals surface area contributed by atoms with Crippen molar-refractivity contribution in [1.29, 1.82) is 0 Å². The molecule has 0 heterocycles. The first-order valence-corrected chi connectivity index (χ1v) is 14.4. The van der Waals surface area contributed by atoms with E-state index in [1.54, 1.807) is 6.07 Å². The minimum absolute atomic E-state index is 0.159. The molecule has 0 saturated carbocycles. The van der Waals surface area contributed by atoms with Gasteiger partial charge in [0, 0.05) is 19.2 Å². The van der Waals surface area contributed by atoms with Crippen LogP contribution in [0.15, 0.2) is 12.1 Å². The largest absolute Gasteiger partial charge is 0.493 e. The van der Waals surface area contributed by atoms with Crippen LogP contribution in [-0.2, 0) is 0 Å². The highest BCUT2D eigenvalue weighted by atomic mass is 16.5. The lowest BCUT2D eigenvalue weighted by atomic mass is 10.1. The number of hydrogen-bond donors (Lipinski definition) is 4. The van der Waals surface area contributed by atoms with E-state index in [0.717, 1.165) is 38.5 Å². The van der Waals surface area contributed by atoms with Crippen LogP contribution in [0.4, 0.5) is 0 Å². The molecule has 1 rings (SSSR count). The number of ether oxygens (including phenoxy) is 2. The first kappa shape index (κ1) is 35.6. The Morgan fingerprint density at radius 3 is 1.71 bits per heavy atom. The lowest BCUT2D eigenvalue weighted by Crippen LogP contribution is -2.32. The molecule has 0 bridgehead atoms. The van der Waals surface area contributed by atoms with Crippen molar-refractivity contribution in [2.45, 2.75) is 84.5 Å². The summed E-state index contributed by atoms with van der Waals surface area (Å²) >= 11 is 0. The number of benzene rings is 1. The number of carbonyl (C=O) groups excluding carboxylic acids is 2. The molecule has 220 valence electrons. The number of hydrogen-bond acceptors (Lipinski definition) is 7. The maximum atomic E-state index is 12.8. The molecule has 0 aromatic heterocycles. The standard InChI is InChI=1S/C22H39N5O4.C7H16/c1-27(2)12-11-26-22(29)18-15-17(21(25)28)19(30-13-7-3-5-9-23)16-20(18)31-14-8-4-6-10-24;1-3-5-7-6-4-2/h15-16H,3-14,23-24H2,1-2H3,(H2,25,28)(H,26,29);3-7H2,1-2H3. The Hall–Kier alpha value is -2.36. The van der Waals surface area contributed by atoms with Gasteiger partial charge in [-0.15, -0.1) is 0 Å². The van der Waals surface area contributed by atoms with E-state index < -0.39 is 5.91 Å². The molecule has 7 N–H and O–H groups in total. The fourth-order valence-electron chi connectivity index (χ4n) is 3.55. The Morgan fingerprint density at radius 2 is 1.26 bits per heavy atom. The lowest BCUT2D eigenvalue weighted by Gasteiger charge is -2.17. The lowest BCUT2D eigenvalue weighted by molar-refractivity contribution is 0.0946. The predicted octanol–water partition coefficient (Wildman–Crippen LogP) is 4.07. The second-order valence-electron chi connectivity index (χ2n) is 9.72. The van der Waals surface area contributed by atoms with E-state index in [-0.39, 0.29) is 17.0 Å². The highest BCUT2D eigenvalue weighted by molar-refractivity contribution is 6.02. The van der Waals surface area contributed by atoms with Gasteiger partial charge in [-0.25, -0.2) is 0 Å². The van der Waals surface area contributed by atoms with Gasteiger partial charge in [-0.05, 0) is 71.8 Å².